The van der Waals surface area contributed by atoms with Crippen LogP contribution in [0.1, 0.15) is 25.8 Å². The fourth-order valence-corrected chi connectivity index (χ4v) is 2.20. The van der Waals surface area contributed by atoms with Crippen LogP contribution < -0.4 is 10.7 Å². The number of nitrogens with one attached hydrogen (secondary N) is 2. The summed E-state index contributed by atoms with van der Waals surface area (Å²) >= 11 is 6.11. The molecular formula is C13H14ClN3O2. The van der Waals surface area contributed by atoms with Crippen LogP contribution in [0.4, 0.5) is 5.69 Å². The molecule has 2 N–H and O–H groups in total. The van der Waals surface area contributed by atoms with Crippen LogP contribution in [-0.2, 0) is 9.59 Å². The van der Waals surface area contributed by atoms with Gasteiger partial charge in [-0.05, 0) is 17.7 Å². The van der Waals surface area contributed by atoms with Gasteiger partial charge in [0.25, 0.3) is 0 Å². The summed E-state index contributed by atoms with van der Waals surface area (Å²) in [6.45, 7) is 3.36. The van der Waals surface area contributed by atoms with Gasteiger partial charge in [0.1, 0.15) is 0 Å². The summed E-state index contributed by atoms with van der Waals surface area (Å²) in [6, 6.07) is 5.29. The van der Waals surface area contributed by atoms with Crippen LogP contribution in [0.25, 0.3) is 0 Å². The summed E-state index contributed by atoms with van der Waals surface area (Å²) in [7, 11) is 0. The Kier molecular flexibility index (Phi) is 3.85. The zero-order valence-corrected chi connectivity index (χ0v) is 11.4. The van der Waals surface area contributed by atoms with E-state index >= 15 is 0 Å². The van der Waals surface area contributed by atoms with Crippen LogP contribution in [-0.4, -0.2) is 17.5 Å². The number of amides is 2. The van der Waals surface area contributed by atoms with Crippen molar-refractivity contribution in [3.05, 3.63) is 28.8 Å². The zero-order valence-electron chi connectivity index (χ0n) is 10.7. The lowest BCUT2D eigenvalue weighted by Crippen LogP contribution is -2.31. The molecule has 0 saturated carbocycles. The fraction of sp³-hybridized carbons (Fsp3) is 0.308. The Bertz CT molecular complexity index is 569. The SMILES string of the molecule is CC(=O)Nc1ccc(C2=NNC(=O)CC2C)cc1Cl. The first-order valence-corrected chi connectivity index (χ1v) is 6.29. The molecule has 0 radical (unpaired) electrons. The van der Waals surface area contributed by atoms with E-state index in [1.165, 1.54) is 6.92 Å². The molecule has 1 aliphatic heterocycles. The summed E-state index contributed by atoms with van der Waals surface area (Å²) in [5, 5.41) is 7.15. The van der Waals surface area contributed by atoms with Gasteiger partial charge in [-0.1, -0.05) is 24.6 Å². The molecule has 1 aromatic rings. The van der Waals surface area contributed by atoms with Crippen LogP contribution in [0, 0.1) is 5.92 Å². The molecule has 1 aliphatic rings. The van der Waals surface area contributed by atoms with Crippen LogP contribution in [0.5, 0.6) is 0 Å². The first-order valence-electron chi connectivity index (χ1n) is 5.91. The van der Waals surface area contributed by atoms with E-state index in [1.54, 1.807) is 12.1 Å². The van der Waals surface area contributed by atoms with Crippen molar-refractivity contribution in [2.75, 3.05) is 5.32 Å². The summed E-state index contributed by atoms with van der Waals surface area (Å²) in [4.78, 5) is 22.2. The molecule has 1 unspecified atom stereocenters. The summed E-state index contributed by atoms with van der Waals surface area (Å²) in [5.74, 6) is -0.223. The second kappa shape index (κ2) is 5.40. The van der Waals surface area contributed by atoms with E-state index in [0.717, 1.165) is 11.3 Å². The number of benzene rings is 1. The number of hydrogen-bond donors (Lipinski definition) is 2. The Hall–Kier alpha value is -1.88. The van der Waals surface area contributed by atoms with Crippen molar-refractivity contribution in [2.24, 2.45) is 11.0 Å². The molecule has 1 heterocycles. The van der Waals surface area contributed by atoms with E-state index in [0.29, 0.717) is 17.1 Å². The number of anilines is 1. The molecule has 0 aliphatic carbocycles. The van der Waals surface area contributed by atoms with Gasteiger partial charge in [0.2, 0.25) is 11.8 Å². The standard InChI is InChI=1S/C13H14ClN3O2/c1-7-5-12(19)16-17-13(7)9-3-4-11(10(14)6-9)15-8(2)18/h3-4,6-7H,5H2,1-2H3,(H,15,18)(H,16,19). The third kappa shape index (κ3) is 3.12. The highest BCUT2D eigenvalue weighted by Crippen LogP contribution is 2.25. The second-order valence-corrected chi connectivity index (χ2v) is 4.92. The molecule has 6 heteroatoms. The third-order valence-corrected chi connectivity index (χ3v) is 3.15. The Labute approximate surface area is 116 Å². The van der Waals surface area contributed by atoms with E-state index in [2.05, 4.69) is 15.8 Å². The van der Waals surface area contributed by atoms with Crippen molar-refractivity contribution < 1.29 is 9.59 Å². The monoisotopic (exact) mass is 279 g/mol. The highest BCUT2D eigenvalue weighted by Gasteiger charge is 2.22. The van der Waals surface area contributed by atoms with Crippen molar-refractivity contribution in [3.63, 3.8) is 0 Å². The molecule has 0 aromatic heterocycles. The van der Waals surface area contributed by atoms with Crippen LogP contribution in [0.3, 0.4) is 0 Å². The van der Waals surface area contributed by atoms with Gasteiger partial charge >= 0.3 is 0 Å². The Balaban J connectivity index is 2.29. The first kappa shape index (κ1) is 13.5. The average Bonchev–Trinajstić information content (AvgIpc) is 2.31. The van der Waals surface area contributed by atoms with Crippen LogP contribution in [0.15, 0.2) is 23.3 Å². The van der Waals surface area contributed by atoms with Crippen LogP contribution >= 0.6 is 11.6 Å². The molecule has 19 heavy (non-hydrogen) atoms. The number of carbonyl (C=O) groups is 2. The number of hydrogen-bond acceptors (Lipinski definition) is 3. The van der Waals surface area contributed by atoms with Gasteiger partial charge in [-0.3, -0.25) is 9.59 Å². The highest BCUT2D eigenvalue weighted by molar-refractivity contribution is 6.34. The Morgan fingerprint density at radius 1 is 1.53 bits per heavy atom. The largest absolute Gasteiger partial charge is 0.325 e. The van der Waals surface area contributed by atoms with E-state index in [-0.39, 0.29) is 17.7 Å². The van der Waals surface area contributed by atoms with E-state index in [4.69, 9.17) is 11.6 Å². The van der Waals surface area contributed by atoms with Crippen molar-refractivity contribution >= 4 is 34.8 Å². The molecular weight excluding hydrogens is 266 g/mol. The molecule has 100 valence electrons. The second-order valence-electron chi connectivity index (χ2n) is 4.51. The maximum Gasteiger partial charge on any atom is 0.240 e. The zero-order chi connectivity index (χ0) is 14.0. The van der Waals surface area contributed by atoms with E-state index in [9.17, 15) is 9.59 Å². The van der Waals surface area contributed by atoms with Gasteiger partial charge < -0.3 is 5.32 Å². The molecule has 2 amide bonds. The van der Waals surface area contributed by atoms with Crippen molar-refractivity contribution in [2.45, 2.75) is 20.3 Å². The number of halogens is 1. The number of hydrazone groups is 1. The fourth-order valence-electron chi connectivity index (χ4n) is 1.97. The molecule has 0 bridgehead atoms. The van der Waals surface area contributed by atoms with Gasteiger partial charge in [0, 0.05) is 19.3 Å². The van der Waals surface area contributed by atoms with Crippen molar-refractivity contribution in [1.29, 1.82) is 0 Å². The maximum absolute atomic E-state index is 11.2. The summed E-state index contributed by atoms with van der Waals surface area (Å²) in [5.41, 5.74) is 4.65. The van der Waals surface area contributed by atoms with Gasteiger partial charge in [0.05, 0.1) is 16.4 Å². The van der Waals surface area contributed by atoms with E-state index < -0.39 is 0 Å². The maximum atomic E-state index is 11.2. The topological polar surface area (TPSA) is 70.6 Å². The predicted octanol–water partition coefficient (Wildman–Crippen LogP) is 2.16. The number of rotatable bonds is 2. The minimum Gasteiger partial charge on any atom is -0.325 e. The molecule has 1 atom stereocenters. The van der Waals surface area contributed by atoms with E-state index in [1.807, 2.05) is 13.0 Å². The molecule has 0 saturated heterocycles. The smallest absolute Gasteiger partial charge is 0.240 e. The lowest BCUT2D eigenvalue weighted by molar-refractivity contribution is -0.122. The third-order valence-electron chi connectivity index (χ3n) is 2.83. The molecule has 1 aromatic carbocycles. The summed E-state index contributed by atoms with van der Waals surface area (Å²) in [6.07, 6.45) is 0.407. The number of carbonyl (C=O) groups excluding carboxylic acids is 2. The average molecular weight is 280 g/mol. The quantitative estimate of drug-likeness (QED) is 0.871. The molecule has 0 spiro atoms. The van der Waals surface area contributed by atoms with Gasteiger partial charge in [-0.2, -0.15) is 5.10 Å². The number of nitrogens with zero attached hydrogens (tertiary/aromatic N) is 1. The minimum atomic E-state index is -0.176. The lowest BCUT2D eigenvalue weighted by Gasteiger charge is -2.19. The summed E-state index contributed by atoms with van der Waals surface area (Å²) < 4.78 is 0. The molecule has 2 rings (SSSR count). The molecule has 0 fully saturated rings. The lowest BCUT2D eigenvalue weighted by atomic mass is 9.94. The predicted molar refractivity (Wildman–Crippen MR) is 74.2 cm³/mol. The Morgan fingerprint density at radius 2 is 2.26 bits per heavy atom. The minimum absolute atomic E-state index is 0.0384. The molecule has 5 nitrogen and oxygen atoms in total. The van der Waals surface area contributed by atoms with Gasteiger partial charge in [-0.15, -0.1) is 0 Å². The van der Waals surface area contributed by atoms with Crippen molar-refractivity contribution in [1.82, 2.24) is 5.43 Å². The van der Waals surface area contributed by atoms with Gasteiger partial charge in [0.15, 0.2) is 0 Å². The van der Waals surface area contributed by atoms with Crippen LogP contribution in [0.2, 0.25) is 5.02 Å². The highest BCUT2D eigenvalue weighted by atomic mass is 35.5. The normalized spacial score (nSPS) is 18.6. The Morgan fingerprint density at radius 3 is 2.84 bits per heavy atom. The van der Waals surface area contributed by atoms with Crippen molar-refractivity contribution in [3.8, 4) is 0 Å². The first-order chi connectivity index (χ1) is 8.97. The van der Waals surface area contributed by atoms with Gasteiger partial charge in [-0.25, -0.2) is 5.43 Å².